The summed E-state index contributed by atoms with van der Waals surface area (Å²) in [4.78, 5) is 4.59. The number of anilines is 2. The summed E-state index contributed by atoms with van der Waals surface area (Å²) in [6.07, 6.45) is 0. The lowest BCUT2D eigenvalue weighted by Gasteiger charge is -2.07. The molecule has 0 aliphatic rings. The van der Waals surface area contributed by atoms with E-state index in [1.54, 1.807) is 23.5 Å². The Balaban J connectivity index is 1.83. The number of benzene rings is 2. The topological polar surface area (TPSA) is 45.2 Å². The van der Waals surface area contributed by atoms with Crippen molar-refractivity contribution in [2.45, 2.75) is 13.8 Å². The molecule has 0 atom stereocenters. The van der Waals surface area contributed by atoms with Gasteiger partial charge in [0.05, 0.1) is 5.69 Å². The molecule has 0 spiro atoms. The van der Waals surface area contributed by atoms with Crippen molar-refractivity contribution < 1.29 is 5.11 Å². The van der Waals surface area contributed by atoms with Crippen molar-refractivity contribution in [2.75, 3.05) is 5.32 Å². The second kappa shape index (κ2) is 5.58. The molecular formula is C17H16N2OS. The number of nitrogens with one attached hydrogen (secondary N) is 1. The zero-order valence-corrected chi connectivity index (χ0v) is 12.7. The Morgan fingerprint density at radius 3 is 2.52 bits per heavy atom. The van der Waals surface area contributed by atoms with Gasteiger partial charge in [0.25, 0.3) is 0 Å². The van der Waals surface area contributed by atoms with Gasteiger partial charge in [0, 0.05) is 16.6 Å². The molecule has 0 fully saturated rings. The lowest BCUT2D eigenvalue weighted by atomic mass is 10.1. The van der Waals surface area contributed by atoms with Crippen molar-refractivity contribution in [2.24, 2.45) is 0 Å². The fraction of sp³-hybridized carbons (Fsp3) is 0.118. The highest BCUT2D eigenvalue weighted by atomic mass is 32.1. The molecule has 0 aliphatic carbocycles. The monoisotopic (exact) mass is 296 g/mol. The van der Waals surface area contributed by atoms with Crippen LogP contribution < -0.4 is 5.32 Å². The molecule has 0 amide bonds. The van der Waals surface area contributed by atoms with Gasteiger partial charge in [-0.3, -0.25) is 0 Å². The van der Waals surface area contributed by atoms with Gasteiger partial charge in [0.1, 0.15) is 5.75 Å². The quantitative estimate of drug-likeness (QED) is 0.724. The maximum absolute atomic E-state index is 9.33. The van der Waals surface area contributed by atoms with Crippen LogP contribution in [-0.2, 0) is 0 Å². The molecule has 1 aromatic heterocycles. The van der Waals surface area contributed by atoms with Gasteiger partial charge in [0.15, 0.2) is 5.13 Å². The Morgan fingerprint density at radius 1 is 1.05 bits per heavy atom. The van der Waals surface area contributed by atoms with Gasteiger partial charge in [-0.25, -0.2) is 4.98 Å². The van der Waals surface area contributed by atoms with Crippen LogP contribution in [0.3, 0.4) is 0 Å². The van der Waals surface area contributed by atoms with E-state index in [0.717, 1.165) is 22.1 Å². The van der Waals surface area contributed by atoms with Gasteiger partial charge in [-0.1, -0.05) is 17.7 Å². The average Bonchev–Trinajstić information content (AvgIpc) is 2.91. The average molecular weight is 296 g/mol. The number of thiazole rings is 1. The summed E-state index contributed by atoms with van der Waals surface area (Å²) in [6, 6.07) is 13.4. The van der Waals surface area contributed by atoms with Crippen molar-refractivity contribution in [1.29, 1.82) is 0 Å². The highest BCUT2D eigenvalue weighted by Crippen LogP contribution is 2.29. The summed E-state index contributed by atoms with van der Waals surface area (Å²) in [6.45, 7) is 4.17. The van der Waals surface area contributed by atoms with Gasteiger partial charge in [0.2, 0.25) is 0 Å². The fourth-order valence-electron chi connectivity index (χ4n) is 2.16. The number of phenolic OH excluding ortho intramolecular Hbond substituents is 1. The molecule has 1 heterocycles. The highest BCUT2D eigenvalue weighted by molar-refractivity contribution is 7.14. The van der Waals surface area contributed by atoms with Crippen molar-refractivity contribution in [3.8, 4) is 17.0 Å². The van der Waals surface area contributed by atoms with E-state index in [1.807, 2.05) is 17.5 Å². The Hall–Kier alpha value is -2.33. The van der Waals surface area contributed by atoms with Gasteiger partial charge in [-0.05, 0) is 49.7 Å². The van der Waals surface area contributed by atoms with E-state index in [-0.39, 0.29) is 5.75 Å². The van der Waals surface area contributed by atoms with Gasteiger partial charge < -0.3 is 10.4 Å². The standard InChI is InChI=1S/C17H16N2OS/c1-11-3-8-15(12(2)9-11)18-17-19-16(10-21-17)13-4-6-14(20)7-5-13/h3-10,20H,1-2H3,(H,18,19). The molecule has 2 N–H and O–H groups in total. The first-order chi connectivity index (χ1) is 10.1. The first kappa shape index (κ1) is 13.6. The highest BCUT2D eigenvalue weighted by Gasteiger charge is 2.06. The van der Waals surface area contributed by atoms with Crippen LogP contribution in [0, 0.1) is 13.8 Å². The maximum atomic E-state index is 9.33. The lowest BCUT2D eigenvalue weighted by Crippen LogP contribution is -1.93. The molecular weight excluding hydrogens is 280 g/mol. The number of aromatic nitrogens is 1. The first-order valence-corrected chi connectivity index (χ1v) is 7.59. The van der Waals surface area contributed by atoms with Crippen molar-refractivity contribution >= 4 is 22.2 Å². The fourth-order valence-corrected chi connectivity index (χ4v) is 2.90. The lowest BCUT2D eigenvalue weighted by molar-refractivity contribution is 0.475. The summed E-state index contributed by atoms with van der Waals surface area (Å²) in [5, 5.41) is 15.6. The van der Waals surface area contributed by atoms with Crippen molar-refractivity contribution in [1.82, 2.24) is 4.98 Å². The zero-order chi connectivity index (χ0) is 14.8. The van der Waals surface area contributed by atoms with Crippen LogP contribution in [0.1, 0.15) is 11.1 Å². The van der Waals surface area contributed by atoms with Crippen LogP contribution in [0.2, 0.25) is 0 Å². The summed E-state index contributed by atoms with van der Waals surface area (Å²) in [5.74, 6) is 0.266. The Labute approximate surface area is 127 Å². The predicted octanol–water partition coefficient (Wildman–Crippen LogP) is 4.88. The number of hydrogen-bond donors (Lipinski definition) is 2. The number of aromatic hydroxyl groups is 1. The number of nitrogens with zero attached hydrogens (tertiary/aromatic N) is 1. The van der Waals surface area contributed by atoms with E-state index in [9.17, 15) is 5.11 Å². The molecule has 106 valence electrons. The van der Waals surface area contributed by atoms with Gasteiger partial charge in [-0.2, -0.15) is 0 Å². The van der Waals surface area contributed by atoms with E-state index < -0.39 is 0 Å². The molecule has 0 bridgehead atoms. The third-order valence-corrected chi connectivity index (χ3v) is 4.05. The number of aryl methyl sites for hydroxylation is 2. The van der Waals surface area contributed by atoms with E-state index in [0.29, 0.717) is 0 Å². The van der Waals surface area contributed by atoms with Crippen LogP contribution in [0.4, 0.5) is 10.8 Å². The normalized spacial score (nSPS) is 10.6. The molecule has 0 saturated heterocycles. The summed E-state index contributed by atoms with van der Waals surface area (Å²) in [5.41, 5.74) is 5.44. The third kappa shape index (κ3) is 3.06. The second-order valence-corrected chi connectivity index (χ2v) is 5.89. The molecule has 0 saturated carbocycles. The Kier molecular flexibility index (Phi) is 3.62. The van der Waals surface area contributed by atoms with Crippen LogP contribution in [-0.4, -0.2) is 10.1 Å². The third-order valence-electron chi connectivity index (χ3n) is 3.29. The SMILES string of the molecule is Cc1ccc(Nc2nc(-c3ccc(O)cc3)cs2)c(C)c1. The summed E-state index contributed by atoms with van der Waals surface area (Å²) in [7, 11) is 0. The molecule has 4 heteroatoms. The first-order valence-electron chi connectivity index (χ1n) is 6.71. The number of hydrogen-bond acceptors (Lipinski definition) is 4. The molecule has 3 aromatic rings. The maximum Gasteiger partial charge on any atom is 0.187 e. The van der Waals surface area contributed by atoms with E-state index in [4.69, 9.17) is 0 Å². The van der Waals surface area contributed by atoms with Gasteiger partial charge >= 0.3 is 0 Å². The number of rotatable bonds is 3. The molecule has 3 rings (SSSR count). The minimum atomic E-state index is 0.266. The minimum absolute atomic E-state index is 0.266. The van der Waals surface area contributed by atoms with E-state index in [2.05, 4.69) is 42.3 Å². The van der Waals surface area contributed by atoms with Crippen LogP contribution >= 0.6 is 11.3 Å². The number of phenols is 1. The predicted molar refractivity (Wildman–Crippen MR) is 88.4 cm³/mol. The van der Waals surface area contributed by atoms with Crippen LogP contribution in [0.15, 0.2) is 47.8 Å². The molecule has 2 aromatic carbocycles. The largest absolute Gasteiger partial charge is 0.508 e. The zero-order valence-electron chi connectivity index (χ0n) is 11.9. The molecule has 0 unspecified atom stereocenters. The molecule has 0 aliphatic heterocycles. The molecule has 0 radical (unpaired) electrons. The Morgan fingerprint density at radius 2 is 1.81 bits per heavy atom. The van der Waals surface area contributed by atoms with Gasteiger partial charge in [-0.15, -0.1) is 11.3 Å². The van der Waals surface area contributed by atoms with E-state index >= 15 is 0 Å². The minimum Gasteiger partial charge on any atom is -0.508 e. The van der Waals surface area contributed by atoms with Crippen molar-refractivity contribution in [3.63, 3.8) is 0 Å². The smallest absolute Gasteiger partial charge is 0.187 e. The molecule has 3 nitrogen and oxygen atoms in total. The van der Waals surface area contributed by atoms with Crippen LogP contribution in [0.5, 0.6) is 5.75 Å². The van der Waals surface area contributed by atoms with Crippen molar-refractivity contribution in [3.05, 3.63) is 59.0 Å². The summed E-state index contributed by atoms with van der Waals surface area (Å²) < 4.78 is 0. The molecule has 21 heavy (non-hydrogen) atoms. The van der Waals surface area contributed by atoms with E-state index in [1.165, 1.54) is 11.1 Å². The summed E-state index contributed by atoms with van der Waals surface area (Å²) >= 11 is 1.57. The van der Waals surface area contributed by atoms with Crippen LogP contribution in [0.25, 0.3) is 11.3 Å². The second-order valence-electron chi connectivity index (χ2n) is 5.03. The Bertz CT molecular complexity index is 763.